The molecule has 0 spiro atoms. The molecule has 1 fully saturated rings. The van der Waals surface area contributed by atoms with Gasteiger partial charge in [-0.1, -0.05) is 0 Å². The maximum atomic E-state index is 11.4. The van der Waals surface area contributed by atoms with E-state index in [1.54, 1.807) is 23.1 Å². The number of amides is 1. The Morgan fingerprint density at radius 2 is 2.15 bits per heavy atom. The van der Waals surface area contributed by atoms with Crippen molar-refractivity contribution in [1.82, 2.24) is 5.32 Å². The first kappa shape index (κ1) is 14.4. The Morgan fingerprint density at radius 1 is 1.40 bits per heavy atom. The average Bonchev–Trinajstić information content (AvgIpc) is 2.84. The number of carbonyl (C=O) groups is 1. The molecule has 1 saturated carbocycles. The van der Waals surface area contributed by atoms with Crippen molar-refractivity contribution < 1.29 is 9.90 Å². The summed E-state index contributed by atoms with van der Waals surface area (Å²) in [5.41, 5.74) is 0.971. The van der Waals surface area contributed by atoms with Gasteiger partial charge in [0.15, 0.2) is 0 Å². The van der Waals surface area contributed by atoms with Crippen molar-refractivity contribution in [2.24, 2.45) is 0 Å². The SMILES string of the molecule is CC(NC1CCC(O)CC1)c1cc2c(s1)SCC(=O)N2. The Hall–Kier alpha value is -0.560. The van der Waals surface area contributed by atoms with Crippen LogP contribution in [0.25, 0.3) is 0 Å². The van der Waals surface area contributed by atoms with E-state index in [4.69, 9.17) is 0 Å². The number of hydrogen-bond donors (Lipinski definition) is 3. The molecule has 3 rings (SSSR count). The molecule has 0 saturated heterocycles. The molecule has 1 atom stereocenters. The molecule has 1 aromatic rings. The molecule has 1 aliphatic carbocycles. The van der Waals surface area contributed by atoms with E-state index in [2.05, 4.69) is 23.6 Å². The van der Waals surface area contributed by atoms with Crippen LogP contribution in [0.1, 0.15) is 43.5 Å². The number of fused-ring (bicyclic) bond motifs is 1. The van der Waals surface area contributed by atoms with Crippen molar-refractivity contribution in [3.05, 3.63) is 10.9 Å². The molecule has 4 nitrogen and oxygen atoms in total. The van der Waals surface area contributed by atoms with E-state index in [0.29, 0.717) is 17.8 Å². The zero-order chi connectivity index (χ0) is 14.1. The second kappa shape index (κ2) is 6.05. The van der Waals surface area contributed by atoms with Crippen molar-refractivity contribution in [2.75, 3.05) is 11.1 Å². The van der Waals surface area contributed by atoms with E-state index in [0.717, 1.165) is 31.4 Å². The second-order valence-corrected chi connectivity index (χ2v) is 7.91. The van der Waals surface area contributed by atoms with Gasteiger partial charge in [-0.2, -0.15) is 0 Å². The minimum atomic E-state index is -0.107. The summed E-state index contributed by atoms with van der Waals surface area (Å²) in [7, 11) is 0. The van der Waals surface area contributed by atoms with E-state index in [1.807, 2.05) is 0 Å². The number of thioether (sulfide) groups is 1. The highest BCUT2D eigenvalue weighted by Crippen LogP contribution is 2.41. The summed E-state index contributed by atoms with van der Waals surface area (Å²) in [6.07, 6.45) is 3.78. The lowest BCUT2D eigenvalue weighted by Crippen LogP contribution is -2.35. The van der Waals surface area contributed by atoms with E-state index in [-0.39, 0.29) is 12.0 Å². The molecule has 6 heteroatoms. The summed E-state index contributed by atoms with van der Waals surface area (Å²) in [6, 6.07) is 2.89. The molecule has 0 aromatic carbocycles. The van der Waals surface area contributed by atoms with Gasteiger partial charge >= 0.3 is 0 Å². The van der Waals surface area contributed by atoms with Crippen molar-refractivity contribution in [3.8, 4) is 0 Å². The van der Waals surface area contributed by atoms with E-state index in [1.165, 1.54) is 9.09 Å². The van der Waals surface area contributed by atoms with Crippen LogP contribution in [-0.2, 0) is 4.79 Å². The number of nitrogens with one attached hydrogen (secondary N) is 2. The maximum absolute atomic E-state index is 11.4. The highest BCUT2D eigenvalue weighted by Gasteiger charge is 2.24. The molecule has 2 heterocycles. The van der Waals surface area contributed by atoms with Gasteiger partial charge in [0.25, 0.3) is 0 Å². The molecular formula is C14H20N2O2S2. The van der Waals surface area contributed by atoms with Crippen LogP contribution in [0.5, 0.6) is 0 Å². The zero-order valence-corrected chi connectivity index (χ0v) is 13.1. The van der Waals surface area contributed by atoms with Crippen molar-refractivity contribution in [3.63, 3.8) is 0 Å². The predicted octanol–water partition coefficient (Wildman–Crippen LogP) is 2.75. The molecule has 2 aliphatic rings. The van der Waals surface area contributed by atoms with Crippen LogP contribution >= 0.6 is 23.1 Å². The third kappa shape index (κ3) is 3.19. The molecule has 1 amide bonds. The van der Waals surface area contributed by atoms with Crippen LogP contribution in [-0.4, -0.2) is 28.9 Å². The fourth-order valence-corrected chi connectivity index (χ4v) is 4.95. The normalized spacial score (nSPS) is 27.8. The van der Waals surface area contributed by atoms with Crippen molar-refractivity contribution in [1.29, 1.82) is 0 Å². The van der Waals surface area contributed by atoms with Crippen LogP contribution in [0.15, 0.2) is 10.3 Å². The Bertz CT molecular complexity index is 495. The number of anilines is 1. The first-order valence-electron chi connectivity index (χ1n) is 7.12. The van der Waals surface area contributed by atoms with E-state index < -0.39 is 0 Å². The zero-order valence-electron chi connectivity index (χ0n) is 11.5. The summed E-state index contributed by atoms with van der Waals surface area (Å²) in [5, 5.41) is 16.1. The third-order valence-corrected chi connectivity index (χ3v) is 6.54. The smallest absolute Gasteiger partial charge is 0.234 e. The van der Waals surface area contributed by atoms with Crippen LogP contribution in [0, 0.1) is 0 Å². The topological polar surface area (TPSA) is 61.4 Å². The monoisotopic (exact) mass is 312 g/mol. The van der Waals surface area contributed by atoms with Crippen LogP contribution < -0.4 is 10.6 Å². The Labute approximate surface area is 127 Å². The molecular weight excluding hydrogens is 292 g/mol. The van der Waals surface area contributed by atoms with Gasteiger partial charge in [-0.05, 0) is 38.7 Å². The number of rotatable bonds is 3. The molecule has 1 aromatic heterocycles. The van der Waals surface area contributed by atoms with Crippen LogP contribution in [0.4, 0.5) is 5.69 Å². The average molecular weight is 312 g/mol. The number of aliphatic hydroxyl groups is 1. The Morgan fingerprint density at radius 3 is 2.90 bits per heavy atom. The van der Waals surface area contributed by atoms with Gasteiger partial charge in [0.2, 0.25) is 5.91 Å². The van der Waals surface area contributed by atoms with Gasteiger partial charge < -0.3 is 15.7 Å². The largest absolute Gasteiger partial charge is 0.393 e. The minimum Gasteiger partial charge on any atom is -0.393 e. The summed E-state index contributed by atoms with van der Waals surface area (Å²) >= 11 is 3.40. The number of aliphatic hydroxyl groups excluding tert-OH is 1. The van der Waals surface area contributed by atoms with Gasteiger partial charge in [0.1, 0.15) is 0 Å². The molecule has 3 N–H and O–H groups in total. The second-order valence-electron chi connectivity index (χ2n) is 5.58. The summed E-state index contributed by atoms with van der Waals surface area (Å²) < 4.78 is 1.22. The van der Waals surface area contributed by atoms with Gasteiger partial charge in [-0.3, -0.25) is 4.79 Å². The minimum absolute atomic E-state index is 0.0914. The first-order chi connectivity index (χ1) is 9.61. The molecule has 1 unspecified atom stereocenters. The number of hydrogen-bond acceptors (Lipinski definition) is 5. The molecule has 0 bridgehead atoms. The number of carbonyl (C=O) groups excluding carboxylic acids is 1. The van der Waals surface area contributed by atoms with Crippen molar-refractivity contribution in [2.45, 2.75) is 55.0 Å². The summed E-state index contributed by atoms with van der Waals surface area (Å²) in [5.74, 6) is 0.615. The maximum Gasteiger partial charge on any atom is 0.234 e. The van der Waals surface area contributed by atoms with Crippen LogP contribution in [0.2, 0.25) is 0 Å². The Balaban J connectivity index is 1.62. The van der Waals surface area contributed by atoms with Gasteiger partial charge in [-0.15, -0.1) is 23.1 Å². The molecule has 0 radical (unpaired) electrons. The number of thiophene rings is 1. The third-order valence-electron chi connectivity index (χ3n) is 3.93. The summed E-state index contributed by atoms with van der Waals surface area (Å²) in [6.45, 7) is 2.18. The van der Waals surface area contributed by atoms with Gasteiger partial charge in [0.05, 0.1) is 21.8 Å². The molecule has 110 valence electrons. The van der Waals surface area contributed by atoms with E-state index >= 15 is 0 Å². The standard InChI is InChI=1S/C14H20N2O2S2/c1-8(15-9-2-4-10(17)5-3-9)12-6-11-14(20-12)19-7-13(18)16-11/h6,8-10,15,17H,2-5,7H2,1H3,(H,16,18). The lowest BCUT2D eigenvalue weighted by Gasteiger charge is -2.28. The summed E-state index contributed by atoms with van der Waals surface area (Å²) in [4.78, 5) is 12.7. The van der Waals surface area contributed by atoms with Gasteiger partial charge in [0, 0.05) is 17.0 Å². The first-order valence-corrected chi connectivity index (χ1v) is 8.92. The highest BCUT2D eigenvalue weighted by molar-refractivity contribution is 8.02. The highest BCUT2D eigenvalue weighted by atomic mass is 32.2. The van der Waals surface area contributed by atoms with Crippen molar-refractivity contribution >= 4 is 34.7 Å². The van der Waals surface area contributed by atoms with Crippen LogP contribution in [0.3, 0.4) is 0 Å². The lowest BCUT2D eigenvalue weighted by molar-refractivity contribution is -0.113. The fraction of sp³-hybridized carbons (Fsp3) is 0.643. The molecule has 20 heavy (non-hydrogen) atoms. The molecule has 1 aliphatic heterocycles. The predicted molar refractivity (Wildman–Crippen MR) is 83.5 cm³/mol. The fourth-order valence-electron chi connectivity index (χ4n) is 2.80. The quantitative estimate of drug-likeness (QED) is 0.803. The lowest BCUT2D eigenvalue weighted by atomic mass is 9.92. The Kier molecular flexibility index (Phi) is 4.35. The van der Waals surface area contributed by atoms with E-state index in [9.17, 15) is 9.90 Å². The van der Waals surface area contributed by atoms with Gasteiger partial charge in [-0.25, -0.2) is 0 Å².